The summed E-state index contributed by atoms with van der Waals surface area (Å²) in [6.07, 6.45) is 0. The molecule has 1 aromatic carbocycles. The third-order valence-electron chi connectivity index (χ3n) is 3.29. The fraction of sp³-hybridized carbons (Fsp3) is 0.357. The summed E-state index contributed by atoms with van der Waals surface area (Å²) in [6, 6.07) is 4.23. The number of ether oxygens (including phenoxy) is 1. The van der Waals surface area contributed by atoms with E-state index in [0.29, 0.717) is 15.7 Å². The van der Waals surface area contributed by atoms with Crippen molar-refractivity contribution >= 4 is 46.5 Å². The second kappa shape index (κ2) is 6.54. The molecule has 2 rings (SSSR count). The molecule has 0 saturated heterocycles. The molecule has 1 aromatic rings. The van der Waals surface area contributed by atoms with Crippen LogP contribution in [0.3, 0.4) is 0 Å². The maximum Gasteiger partial charge on any atom is 0.353 e. The minimum absolute atomic E-state index is 0.163. The quantitative estimate of drug-likeness (QED) is 0.849. The van der Waals surface area contributed by atoms with Crippen molar-refractivity contribution in [1.82, 2.24) is 0 Å². The zero-order valence-corrected chi connectivity index (χ0v) is 13.4. The van der Waals surface area contributed by atoms with E-state index in [-0.39, 0.29) is 12.3 Å². The first-order valence-corrected chi connectivity index (χ1v) is 7.35. The Morgan fingerprint density at radius 1 is 1.41 bits per heavy atom. The molecule has 1 heterocycles. The maximum absolute atomic E-state index is 12.0. The van der Waals surface area contributed by atoms with Crippen LogP contribution < -0.4 is 5.01 Å². The van der Waals surface area contributed by atoms with Gasteiger partial charge >= 0.3 is 11.9 Å². The zero-order valence-electron chi connectivity index (χ0n) is 11.9. The first-order valence-electron chi connectivity index (χ1n) is 6.59. The summed E-state index contributed by atoms with van der Waals surface area (Å²) in [5, 5.41) is 15.5. The van der Waals surface area contributed by atoms with Gasteiger partial charge in [0.25, 0.3) is 0 Å². The van der Waals surface area contributed by atoms with E-state index in [1.807, 2.05) is 0 Å². The van der Waals surface area contributed by atoms with Gasteiger partial charge in [-0.3, -0.25) is 9.80 Å². The number of rotatable bonds is 4. The molecule has 1 N–H and O–H groups in total. The third-order valence-corrected chi connectivity index (χ3v) is 3.83. The van der Waals surface area contributed by atoms with Crippen LogP contribution in [0.5, 0.6) is 0 Å². The summed E-state index contributed by atoms with van der Waals surface area (Å²) in [5.74, 6) is -2.87. The summed E-state index contributed by atoms with van der Waals surface area (Å²) in [6.45, 7) is 3.51. The molecule has 0 amide bonds. The van der Waals surface area contributed by atoms with Crippen molar-refractivity contribution in [3.63, 3.8) is 0 Å². The van der Waals surface area contributed by atoms with Gasteiger partial charge in [0, 0.05) is 5.02 Å². The molecular weight excluding hydrogens is 331 g/mol. The van der Waals surface area contributed by atoms with E-state index in [1.54, 1.807) is 26.0 Å². The molecule has 0 bridgehead atoms. The van der Waals surface area contributed by atoms with Crippen LogP contribution in [0.15, 0.2) is 23.3 Å². The Morgan fingerprint density at radius 3 is 2.64 bits per heavy atom. The number of hydrazone groups is 1. The number of esters is 1. The van der Waals surface area contributed by atoms with E-state index in [4.69, 9.17) is 27.9 Å². The molecule has 6 nitrogen and oxygen atoms in total. The van der Waals surface area contributed by atoms with Gasteiger partial charge in [-0.1, -0.05) is 23.2 Å². The highest BCUT2D eigenvalue weighted by Gasteiger charge is 2.44. The lowest BCUT2D eigenvalue weighted by Gasteiger charge is -2.24. The molecule has 1 aliphatic heterocycles. The number of nitrogens with zero attached hydrogens (tertiary/aromatic N) is 2. The maximum atomic E-state index is 12.0. The minimum Gasteiger partial charge on any atom is -0.477 e. The Kier molecular flexibility index (Phi) is 4.93. The van der Waals surface area contributed by atoms with E-state index in [9.17, 15) is 14.7 Å². The van der Waals surface area contributed by atoms with Crippen molar-refractivity contribution < 1.29 is 19.4 Å². The zero-order chi connectivity index (χ0) is 16.4. The fourth-order valence-corrected chi connectivity index (χ4v) is 2.79. The normalized spacial score (nSPS) is 20.7. The predicted octanol–water partition coefficient (Wildman–Crippen LogP) is 2.82. The molecule has 22 heavy (non-hydrogen) atoms. The lowest BCUT2D eigenvalue weighted by Crippen LogP contribution is -2.38. The topological polar surface area (TPSA) is 79.2 Å². The van der Waals surface area contributed by atoms with Gasteiger partial charge in [0.15, 0.2) is 5.71 Å². The minimum atomic E-state index is -1.27. The monoisotopic (exact) mass is 344 g/mol. The van der Waals surface area contributed by atoms with Crippen LogP contribution in [-0.2, 0) is 14.3 Å². The van der Waals surface area contributed by atoms with Gasteiger partial charge in [-0.2, -0.15) is 5.10 Å². The average molecular weight is 345 g/mol. The number of carboxylic acid groups (broad SMARTS) is 1. The number of hydrogen-bond donors (Lipinski definition) is 1. The van der Waals surface area contributed by atoms with Crippen LogP contribution in [-0.4, -0.2) is 35.4 Å². The lowest BCUT2D eigenvalue weighted by atomic mass is 9.96. The van der Waals surface area contributed by atoms with Crippen molar-refractivity contribution in [3.8, 4) is 0 Å². The number of aliphatic carboxylic acids is 1. The van der Waals surface area contributed by atoms with Gasteiger partial charge in [-0.15, -0.1) is 0 Å². The molecule has 118 valence electrons. The largest absolute Gasteiger partial charge is 0.477 e. The summed E-state index contributed by atoms with van der Waals surface area (Å²) < 4.78 is 4.95. The van der Waals surface area contributed by atoms with Gasteiger partial charge in [0.05, 0.1) is 23.4 Å². The SMILES string of the molecule is CCOC(=O)C1C(C(=O)O)=NN(c2ccc(Cl)cc2Cl)[C@H]1C. The Morgan fingerprint density at radius 2 is 2.09 bits per heavy atom. The van der Waals surface area contributed by atoms with Crippen molar-refractivity contribution in [2.24, 2.45) is 11.0 Å². The summed E-state index contributed by atoms with van der Waals surface area (Å²) in [5.41, 5.74) is 0.209. The Labute approximate surface area is 137 Å². The molecule has 0 aliphatic carbocycles. The van der Waals surface area contributed by atoms with E-state index < -0.39 is 23.9 Å². The molecule has 0 aromatic heterocycles. The Bertz CT molecular complexity index is 648. The first-order chi connectivity index (χ1) is 10.4. The predicted molar refractivity (Wildman–Crippen MR) is 83.6 cm³/mol. The summed E-state index contributed by atoms with van der Waals surface area (Å²) in [4.78, 5) is 23.4. The average Bonchev–Trinajstić information content (AvgIpc) is 2.77. The molecular formula is C14H14Cl2N2O4. The number of anilines is 1. The van der Waals surface area contributed by atoms with Crippen LogP contribution in [0, 0.1) is 5.92 Å². The number of carbonyl (C=O) groups is 2. The molecule has 2 atom stereocenters. The van der Waals surface area contributed by atoms with Gasteiger partial charge in [-0.05, 0) is 32.0 Å². The molecule has 0 spiro atoms. The lowest BCUT2D eigenvalue weighted by molar-refractivity contribution is -0.146. The van der Waals surface area contributed by atoms with E-state index in [1.165, 1.54) is 11.1 Å². The third kappa shape index (κ3) is 3.03. The van der Waals surface area contributed by atoms with Crippen molar-refractivity contribution in [3.05, 3.63) is 28.2 Å². The van der Waals surface area contributed by atoms with Crippen molar-refractivity contribution in [2.45, 2.75) is 19.9 Å². The second-order valence-electron chi connectivity index (χ2n) is 4.70. The van der Waals surface area contributed by atoms with Crippen molar-refractivity contribution in [2.75, 3.05) is 11.6 Å². The Balaban J connectivity index is 2.42. The number of carboxylic acids is 1. The molecule has 0 fully saturated rings. The number of benzene rings is 1. The van der Waals surface area contributed by atoms with Crippen LogP contribution >= 0.6 is 23.2 Å². The molecule has 1 unspecified atom stereocenters. The van der Waals surface area contributed by atoms with E-state index in [0.717, 1.165) is 0 Å². The molecule has 0 saturated carbocycles. The molecule has 0 radical (unpaired) electrons. The number of hydrogen-bond acceptors (Lipinski definition) is 5. The highest BCUT2D eigenvalue weighted by molar-refractivity contribution is 6.41. The van der Waals surface area contributed by atoms with Crippen molar-refractivity contribution in [1.29, 1.82) is 0 Å². The first kappa shape index (κ1) is 16.6. The summed E-state index contributed by atoms with van der Waals surface area (Å²) >= 11 is 12.0. The fourth-order valence-electron chi connectivity index (χ4n) is 2.30. The highest BCUT2D eigenvalue weighted by Crippen LogP contribution is 2.35. The smallest absolute Gasteiger partial charge is 0.353 e. The van der Waals surface area contributed by atoms with Crippen LogP contribution in [0.2, 0.25) is 10.0 Å². The Hall–Kier alpha value is -1.79. The standard InChI is InChI=1S/C14H14Cl2N2O4/c1-3-22-14(21)11-7(2)18(17-12(11)13(19)20)10-5-4-8(15)6-9(10)16/h4-7,11H,3H2,1-2H3,(H,19,20)/t7-,11?/m0/s1. The van der Waals surface area contributed by atoms with Gasteiger partial charge < -0.3 is 9.84 Å². The summed E-state index contributed by atoms with van der Waals surface area (Å²) in [7, 11) is 0. The van der Waals surface area contributed by atoms with Crippen LogP contribution in [0.25, 0.3) is 0 Å². The van der Waals surface area contributed by atoms with Gasteiger partial charge in [0.2, 0.25) is 0 Å². The van der Waals surface area contributed by atoms with Crippen LogP contribution in [0.4, 0.5) is 5.69 Å². The second-order valence-corrected chi connectivity index (χ2v) is 5.54. The molecule has 1 aliphatic rings. The molecule has 8 heteroatoms. The van der Waals surface area contributed by atoms with Gasteiger partial charge in [0.1, 0.15) is 5.92 Å². The van der Waals surface area contributed by atoms with E-state index >= 15 is 0 Å². The van der Waals surface area contributed by atoms with Gasteiger partial charge in [-0.25, -0.2) is 4.79 Å². The number of halogens is 2. The number of carbonyl (C=O) groups excluding carboxylic acids is 1. The highest BCUT2D eigenvalue weighted by atomic mass is 35.5. The van der Waals surface area contributed by atoms with Crippen LogP contribution in [0.1, 0.15) is 13.8 Å². The van der Waals surface area contributed by atoms with E-state index in [2.05, 4.69) is 5.10 Å².